The van der Waals surface area contributed by atoms with E-state index in [0.717, 1.165) is 5.76 Å². The first kappa shape index (κ1) is 18.6. The molecule has 0 fully saturated rings. The van der Waals surface area contributed by atoms with Crippen LogP contribution in [0.3, 0.4) is 0 Å². The Morgan fingerprint density at radius 2 is 1.96 bits per heavy atom. The molecule has 1 N–H and O–H groups in total. The zero-order chi connectivity index (χ0) is 18.4. The third-order valence-corrected chi connectivity index (χ3v) is 4.37. The number of aliphatic hydroxyl groups is 1. The average Bonchev–Trinajstić information content (AvgIpc) is 3.27. The van der Waals surface area contributed by atoms with Crippen LogP contribution >= 0.6 is 11.6 Å². The lowest BCUT2D eigenvalue weighted by atomic mass is 10.2. The SMILES string of the molecule is Cn1cccc1CN(Cc1ccco1)CC(O)COc1ccc(Cl)cc1. The molecule has 3 aromatic rings. The lowest BCUT2D eigenvalue weighted by molar-refractivity contribution is 0.0597. The molecule has 0 spiro atoms. The van der Waals surface area contributed by atoms with Gasteiger partial charge < -0.3 is 18.8 Å². The summed E-state index contributed by atoms with van der Waals surface area (Å²) >= 11 is 5.87. The zero-order valence-electron chi connectivity index (χ0n) is 14.7. The van der Waals surface area contributed by atoms with E-state index < -0.39 is 6.10 Å². The Balaban J connectivity index is 1.58. The Morgan fingerprint density at radius 3 is 2.62 bits per heavy atom. The first-order valence-electron chi connectivity index (χ1n) is 8.51. The summed E-state index contributed by atoms with van der Waals surface area (Å²) in [6.07, 6.45) is 3.05. The first-order valence-corrected chi connectivity index (χ1v) is 8.89. The first-order chi connectivity index (χ1) is 12.6. The van der Waals surface area contributed by atoms with E-state index in [1.807, 2.05) is 31.4 Å². The van der Waals surface area contributed by atoms with Gasteiger partial charge in [0.05, 0.1) is 12.8 Å². The molecule has 0 aliphatic carbocycles. The number of hydrogen-bond donors (Lipinski definition) is 1. The molecule has 2 heterocycles. The fourth-order valence-electron chi connectivity index (χ4n) is 2.77. The van der Waals surface area contributed by atoms with Crippen LogP contribution in [0.2, 0.25) is 5.02 Å². The van der Waals surface area contributed by atoms with E-state index in [0.29, 0.717) is 30.4 Å². The largest absolute Gasteiger partial charge is 0.491 e. The molecule has 0 saturated heterocycles. The van der Waals surface area contributed by atoms with Gasteiger partial charge in [-0.1, -0.05) is 11.6 Å². The van der Waals surface area contributed by atoms with Crippen molar-refractivity contribution in [2.75, 3.05) is 13.2 Å². The summed E-state index contributed by atoms with van der Waals surface area (Å²) in [5.41, 5.74) is 1.17. The minimum absolute atomic E-state index is 0.212. The van der Waals surface area contributed by atoms with Crippen molar-refractivity contribution in [3.63, 3.8) is 0 Å². The van der Waals surface area contributed by atoms with Gasteiger partial charge in [-0.25, -0.2) is 0 Å². The third-order valence-electron chi connectivity index (χ3n) is 4.12. The van der Waals surface area contributed by atoms with Crippen molar-refractivity contribution < 1.29 is 14.3 Å². The molecule has 3 rings (SSSR count). The van der Waals surface area contributed by atoms with Gasteiger partial charge in [0, 0.05) is 37.1 Å². The fraction of sp³-hybridized carbons (Fsp3) is 0.300. The monoisotopic (exact) mass is 374 g/mol. The van der Waals surface area contributed by atoms with Gasteiger partial charge in [0.25, 0.3) is 0 Å². The number of aryl methyl sites for hydroxylation is 1. The summed E-state index contributed by atoms with van der Waals surface area (Å²) < 4.78 is 13.2. The number of aliphatic hydroxyl groups excluding tert-OH is 1. The van der Waals surface area contributed by atoms with Crippen molar-refractivity contribution >= 4 is 11.6 Å². The van der Waals surface area contributed by atoms with E-state index in [-0.39, 0.29) is 6.61 Å². The quantitative estimate of drug-likeness (QED) is 0.620. The van der Waals surface area contributed by atoms with Crippen molar-refractivity contribution in [2.45, 2.75) is 19.2 Å². The number of furan rings is 1. The van der Waals surface area contributed by atoms with Crippen LogP contribution in [0, 0.1) is 0 Å². The molecular formula is C20H23ClN2O3. The van der Waals surface area contributed by atoms with Crippen LogP contribution in [-0.2, 0) is 20.1 Å². The number of aromatic nitrogens is 1. The van der Waals surface area contributed by atoms with Crippen LogP contribution in [0.5, 0.6) is 5.75 Å². The molecular weight excluding hydrogens is 352 g/mol. The number of benzene rings is 1. The predicted molar refractivity (Wildman–Crippen MR) is 101 cm³/mol. The van der Waals surface area contributed by atoms with E-state index in [1.54, 1.807) is 30.5 Å². The smallest absolute Gasteiger partial charge is 0.119 e. The summed E-state index contributed by atoms with van der Waals surface area (Å²) in [5, 5.41) is 11.1. The molecule has 26 heavy (non-hydrogen) atoms. The highest BCUT2D eigenvalue weighted by atomic mass is 35.5. The fourth-order valence-corrected chi connectivity index (χ4v) is 2.90. The Kier molecular flexibility index (Phi) is 6.39. The molecule has 0 aliphatic heterocycles. The summed E-state index contributed by atoms with van der Waals surface area (Å²) in [7, 11) is 2.01. The third kappa shape index (κ3) is 5.39. The lowest BCUT2D eigenvalue weighted by Gasteiger charge is -2.24. The molecule has 1 aromatic carbocycles. The van der Waals surface area contributed by atoms with Crippen LogP contribution in [0.15, 0.2) is 65.4 Å². The molecule has 0 radical (unpaired) electrons. The van der Waals surface area contributed by atoms with Crippen molar-refractivity contribution in [2.24, 2.45) is 7.05 Å². The highest BCUT2D eigenvalue weighted by Crippen LogP contribution is 2.16. The van der Waals surface area contributed by atoms with E-state index in [9.17, 15) is 5.11 Å². The number of halogens is 1. The number of rotatable bonds is 9. The Morgan fingerprint density at radius 1 is 1.15 bits per heavy atom. The van der Waals surface area contributed by atoms with Crippen molar-refractivity contribution in [1.29, 1.82) is 0 Å². The zero-order valence-corrected chi connectivity index (χ0v) is 15.5. The summed E-state index contributed by atoms with van der Waals surface area (Å²) in [4.78, 5) is 2.14. The van der Waals surface area contributed by atoms with Gasteiger partial charge in [-0.3, -0.25) is 4.90 Å². The molecule has 1 unspecified atom stereocenters. The summed E-state index contributed by atoms with van der Waals surface area (Å²) in [6, 6.07) is 15.0. The minimum atomic E-state index is -0.624. The van der Waals surface area contributed by atoms with Crippen LogP contribution in [0.25, 0.3) is 0 Å². The van der Waals surface area contributed by atoms with Gasteiger partial charge in [-0.15, -0.1) is 0 Å². The van der Waals surface area contributed by atoms with E-state index in [2.05, 4.69) is 15.5 Å². The van der Waals surface area contributed by atoms with Crippen molar-refractivity contribution in [1.82, 2.24) is 9.47 Å². The van der Waals surface area contributed by atoms with Gasteiger partial charge in [0.1, 0.15) is 24.2 Å². The second-order valence-electron chi connectivity index (χ2n) is 6.28. The van der Waals surface area contributed by atoms with Gasteiger partial charge in [0.2, 0.25) is 0 Å². The Labute approximate surface area is 158 Å². The molecule has 5 nitrogen and oxygen atoms in total. The molecule has 0 aliphatic rings. The van der Waals surface area contributed by atoms with Crippen molar-refractivity contribution in [3.8, 4) is 5.75 Å². The molecule has 2 aromatic heterocycles. The van der Waals surface area contributed by atoms with Crippen LogP contribution in [0.4, 0.5) is 0 Å². The molecule has 6 heteroatoms. The van der Waals surface area contributed by atoms with Gasteiger partial charge in [-0.05, 0) is 48.5 Å². The van der Waals surface area contributed by atoms with Gasteiger partial charge in [-0.2, -0.15) is 0 Å². The Bertz CT molecular complexity index is 784. The Hall–Kier alpha value is -2.21. The molecule has 1 atom stereocenters. The summed E-state index contributed by atoms with van der Waals surface area (Å²) in [6.45, 7) is 2.02. The van der Waals surface area contributed by atoms with Crippen LogP contribution < -0.4 is 4.74 Å². The standard InChI is InChI=1S/C20H23ClN2O3/c1-22-10-2-4-17(22)12-23(14-20-5-3-11-25-20)13-18(24)15-26-19-8-6-16(21)7-9-19/h2-11,18,24H,12-15H2,1H3. The highest BCUT2D eigenvalue weighted by molar-refractivity contribution is 6.30. The minimum Gasteiger partial charge on any atom is -0.491 e. The van der Waals surface area contributed by atoms with E-state index in [4.69, 9.17) is 20.8 Å². The second kappa shape index (κ2) is 8.94. The lowest BCUT2D eigenvalue weighted by Crippen LogP contribution is -2.35. The highest BCUT2D eigenvalue weighted by Gasteiger charge is 2.16. The molecule has 138 valence electrons. The van der Waals surface area contributed by atoms with Gasteiger partial charge in [0.15, 0.2) is 0 Å². The predicted octanol–water partition coefficient (Wildman–Crippen LogP) is 3.71. The average molecular weight is 375 g/mol. The molecule has 0 amide bonds. The second-order valence-corrected chi connectivity index (χ2v) is 6.71. The van der Waals surface area contributed by atoms with Crippen LogP contribution in [-0.4, -0.2) is 33.8 Å². The maximum Gasteiger partial charge on any atom is 0.119 e. The maximum atomic E-state index is 10.4. The number of nitrogens with zero attached hydrogens (tertiary/aromatic N) is 2. The molecule has 0 bridgehead atoms. The normalized spacial score (nSPS) is 12.5. The molecule has 0 saturated carbocycles. The summed E-state index contributed by atoms with van der Waals surface area (Å²) in [5.74, 6) is 1.55. The number of ether oxygens (including phenoxy) is 1. The van der Waals surface area contributed by atoms with E-state index in [1.165, 1.54) is 5.69 Å². The number of hydrogen-bond acceptors (Lipinski definition) is 4. The topological polar surface area (TPSA) is 50.8 Å². The van der Waals surface area contributed by atoms with Crippen LogP contribution in [0.1, 0.15) is 11.5 Å². The maximum absolute atomic E-state index is 10.4. The van der Waals surface area contributed by atoms with Gasteiger partial charge >= 0.3 is 0 Å². The van der Waals surface area contributed by atoms with Crippen molar-refractivity contribution in [3.05, 3.63) is 77.5 Å². The van der Waals surface area contributed by atoms with E-state index >= 15 is 0 Å².